The van der Waals surface area contributed by atoms with E-state index in [1.165, 1.54) is 6.42 Å². The van der Waals surface area contributed by atoms with Crippen LogP contribution in [-0.2, 0) is 9.53 Å². The van der Waals surface area contributed by atoms with Crippen molar-refractivity contribution in [2.75, 3.05) is 13.2 Å². The summed E-state index contributed by atoms with van der Waals surface area (Å²) in [6.07, 6.45) is 4.08. The molecule has 0 aliphatic carbocycles. The molecular formula is C12H23N3O2. The Hall–Kier alpha value is -0.650. The highest BCUT2D eigenvalue weighted by molar-refractivity contribution is 5.86. The minimum absolute atomic E-state index is 0.101. The zero-order valence-electron chi connectivity index (χ0n) is 10.7. The molecule has 5 nitrogen and oxygen atoms in total. The molecule has 2 heterocycles. The number of rotatable bonds is 2. The lowest BCUT2D eigenvalue weighted by molar-refractivity contribution is -0.134. The van der Waals surface area contributed by atoms with Gasteiger partial charge in [0.25, 0.3) is 5.91 Å². The molecule has 2 fully saturated rings. The van der Waals surface area contributed by atoms with Gasteiger partial charge in [0, 0.05) is 25.1 Å². The predicted octanol–water partition coefficient (Wildman–Crippen LogP) is 0.398. The van der Waals surface area contributed by atoms with Gasteiger partial charge in [-0.1, -0.05) is 6.42 Å². The lowest BCUT2D eigenvalue weighted by Crippen LogP contribution is -2.62. The van der Waals surface area contributed by atoms with Crippen LogP contribution in [0, 0.1) is 0 Å². The van der Waals surface area contributed by atoms with Gasteiger partial charge in [0.1, 0.15) is 5.54 Å². The van der Waals surface area contributed by atoms with Gasteiger partial charge in [-0.15, -0.1) is 0 Å². The van der Waals surface area contributed by atoms with Crippen molar-refractivity contribution >= 4 is 5.91 Å². The molecule has 3 N–H and O–H groups in total. The topological polar surface area (TPSA) is 67.6 Å². The SMILES string of the molecule is CC1CCCC(C)N1NC(=O)C1(N)CCOC1. The summed E-state index contributed by atoms with van der Waals surface area (Å²) in [5.41, 5.74) is 8.20. The fourth-order valence-corrected chi connectivity index (χ4v) is 2.63. The molecule has 2 aliphatic rings. The highest BCUT2D eigenvalue weighted by Gasteiger charge is 2.40. The number of nitrogens with one attached hydrogen (secondary N) is 1. The lowest BCUT2D eigenvalue weighted by atomic mass is 9.98. The van der Waals surface area contributed by atoms with Crippen molar-refractivity contribution in [3.8, 4) is 0 Å². The zero-order valence-corrected chi connectivity index (χ0v) is 10.7. The molecule has 2 saturated heterocycles. The fourth-order valence-electron chi connectivity index (χ4n) is 2.63. The maximum Gasteiger partial charge on any atom is 0.256 e. The molecule has 5 heteroatoms. The number of carbonyl (C=O) groups excluding carboxylic acids is 1. The number of nitrogens with zero attached hydrogens (tertiary/aromatic N) is 1. The van der Waals surface area contributed by atoms with E-state index in [-0.39, 0.29) is 5.91 Å². The summed E-state index contributed by atoms with van der Waals surface area (Å²) in [7, 11) is 0. The third-order valence-electron chi connectivity index (χ3n) is 3.93. The van der Waals surface area contributed by atoms with E-state index >= 15 is 0 Å². The Bertz CT molecular complexity index is 279. The van der Waals surface area contributed by atoms with Crippen LogP contribution in [0.1, 0.15) is 39.5 Å². The highest BCUT2D eigenvalue weighted by atomic mass is 16.5. The standard InChI is InChI=1S/C12H23N3O2/c1-9-4-3-5-10(2)15(9)14-11(16)12(13)6-7-17-8-12/h9-10H,3-8,13H2,1-2H3,(H,14,16). The highest BCUT2D eigenvalue weighted by Crippen LogP contribution is 2.22. The van der Waals surface area contributed by atoms with Crippen molar-refractivity contribution in [2.24, 2.45) is 5.73 Å². The van der Waals surface area contributed by atoms with Crippen molar-refractivity contribution in [3.63, 3.8) is 0 Å². The second-order valence-corrected chi connectivity index (χ2v) is 5.44. The quantitative estimate of drug-likeness (QED) is 0.734. The number of carbonyl (C=O) groups is 1. The summed E-state index contributed by atoms with van der Waals surface area (Å²) in [6.45, 7) is 5.19. The maximum atomic E-state index is 12.2. The first kappa shape index (κ1) is 12.8. The van der Waals surface area contributed by atoms with Gasteiger partial charge in [0.2, 0.25) is 0 Å². The Morgan fingerprint density at radius 1 is 1.41 bits per heavy atom. The lowest BCUT2D eigenvalue weighted by Gasteiger charge is -2.40. The average Bonchev–Trinajstić information content (AvgIpc) is 2.72. The molecule has 2 aliphatic heterocycles. The Morgan fingerprint density at radius 2 is 2.06 bits per heavy atom. The summed E-state index contributed by atoms with van der Waals surface area (Å²) in [6, 6.07) is 0.766. The maximum absolute atomic E-state index is 12.2. The van der Waals surface area contributed by atoms with Gasteiger partial charge in [0.15, 0.2) is 0 Å². The van der Waals surface area contributed by atoms with E-state index in [4.69, 9.17) is 10.5 Å². The molecule has 0 aromatic carbocycles. The van der Waals surface area contributed by atoms with Crippen LogP contribution in [0.3, 0.4) is 0 Å². The van der Waals surface area contributed by atoms with E-state index in [9.17, 15) is 4.79 Å². The van der Waals surface area contributed by atoms with Gasteiger partial charge in [-0.25, -0.2) is 5.01 Å². The molecule has 17 heavy (non-hydrogen) atoms. The van der Waals surface area contributed by atoms with E-state index in [0.29, 0.717) is 31.7 Å². The van der Waals surface area contributed by atoms with Crippen molar-refractivity contribution in [1.29, 1.82) is 0 Å². The Kier molecular flexibility index (Phi) is 3.70. The summed E-state index contributed by atoms with van der Waals surface area (Å²) >= 11 is 0. The summed E-state index contributed by atoms with van der Waals surface area (Å²) in [4.78, 5) is 12.2. The predicted molar refractivity (Wildman–Crippen MR) is 65.1 cm³/mol. The zero-order chi connectivity index (χ0) is 12.5. The van der Waals surface area contributed by atoms with Crippen molar-refractivity contribution in [2.45, 2.75) is 57.2 Å². The summed E-state index contributed by atoms with van der Waals surface area (Å²) in [5, 5.41) is 2.05. The summed E-state index contributed by atoms with van der Waals surface area (Å²) < 4.78 is 5.22. The number of piperidine rings is 1. The van der Waals surface area contributed by atoms with E-state index in [1.54, 1.807) is 0 Å². The Labute approximate surface area is 103 Å². The van der Waals surface area contributed by atoms with Gasteiger partial charge < -0.3 is 10.5 Å². The number of hydrogen-bond acceptors (Lipinski definition) is 4. The normalized spacial score (nSPS) is 39.2. The van der Waals surface area contributed by atoms with Crippen molar-refractivity contribution in [3.05, 3.63) is 0 Å². The van der Waals surface area contributed by atoms with Crippen LogP contribution in [0.15, 0.2) is 0 Å². The number of ether oxygens (including phenoxy) is 1. The van der Waals surface area contributed by atoms with Crippen LogP contribution in [0.4, 0.5) is 0 Å². The van der Waals surface area contributed by atoms with E-state index in [0.717, 1.165) is 12.8 Å². The molecule has 0 aromatic rings. The first-order valence-electron chi connectivity index (χ1n) is 6.49. The first-order chi connectivity index (χ1) is 8.03. The molecule has 0 aromatic heterocycles. The molecule has 0 spiro atoms. The van der Waals surface area contributed by atoms with Crippen LogP contribution in [0.2, 0.25) is 0 Å². The molecule has 2 rings (SSSR count). The molecule has 3 unspecified atom stereocenters. The molecule has 3 atom stereocenters. The number of hydrazine groups is 1. The molecule has 0 radical (unpaired) electrons. The van der Waals surface area contributed by atoms with Gasteiger partial charge in [-0.2, -0.15) is 0 Å². The van der Waals surface area contributed by atoms with Crippen LogP contribution >= 0.6 is 0 Å². The average molecular weight is 241 g/mol. The number of hydrogen-bond donors (Lipinski definition) is 2. The van der Waals surface area contributed by atoms with Gasteiger partial charge in [-0.05, 0) is 26.7 Å². The third-order valence-corrected chi connectivity index (χ3v) is 3.93. The van der Waals surface area contributed by atoms with Crippen molar-refractivity contribution in [1.82, 2.24) is 10.4 Å². The first-order valence-corrected chi connectivity index (χ1v) is 6.49. The van der Waals surface area contributed by atoms with E-state index in [2.05, 4.69) is 24.3 Å². The van der Waals surface area contributed by atoms with Crippen LogP contribution in [-0.4, -0.2) is 41.8 Å². The molecular weight excluding hydrogens is 218 g/mol. The molecule has 0 bridgehead atoms. The second-order valence-electron chi connectivity index (χ2n) is 5.44. The van der Waals surface area contributed by atoms with E-state index in [1.807, 2.05) is 0 Å². The third kappa shape index (κ3) is 2.61. The molecule has 0 saturated carbocycles. The Morgan fingerprint density at radius 3 is 2.59 bits per heavy atom. The number of amides is 1. The summed E-state index contributed by atoms with van der Waals surface area (Å²) in [5.74, 6) is -0.101. The van der Waals surface area contributed by atoms with Crippen molar-refractivity contribution < 1.29 is 9.53 Å². The van der Waals surface area contributed by atoms with Gasteiger partial charge >= 0.3 is 0 Å². The minimum Gasteiger partial charge on any atom is -0.379 e. The van der Waals surface area contributed by atoms with Crippen LogP contribution < -0.4 is 11.2 Å². The van der Waals surface area contributed by atoms with Gasteiger partial charge in [0.05, 0.1) is 6.61 Å². The number of nitrogens with two attached hydrogens (primary N) is 1. The molecule has 1 amide bonds. The minimum atomic E-state index is -0.836. The smallest absolute Gasteiger partial charge is 0.256 e. The second kappa shape index (κ2) is 4.92. The van der Waals surface area contributed by atoms with Crippen LogP contribution in [0.25, 0.3) is 0 Å². The van der Waals surface area contributed by atoms with Crippen LogP contribution in [0.5, 0.6) is 0 Å². The van der Waals surface area contributed by atoms with Gasteiger partial charge in [-0.3, -0.25) is 10.2 Å². The molecule has 98 valence electrons. The monoisotopic (exact) mass is 241 g/mol. The fraction of sp³-hybridized carbons (Fsp3) is 0.917. The largest absolute Gasteiger partial charge is 0.379 e. The van der Waals surface area contributed by atoms with E-state index < -0.39 is 5.54 Å². The Balaban J connectivity index is 1.97.